The number of carbonyl (C=O) groups is 1. The van der Waals surface area contributed by atoms with Crippen molar-refractivity contribution in [3.63, 3.8) is 0 Å². The zero-order chi connectivity index (χ0) is 23.3. The van der Waals surface area contributed by atoms with E-state index in [1.165, 1.54) is 12.1 Å². The molecule has 32 heavy (non-hydrogen) atoms. The first-order valence-corrected chi connectivity index (χ1v) is 11.7. The predicted molar refractivity (Wildman–Crippen MR) is 124 cm³/mol. The molecule has 3 aromatic carbocycles. The normalized spacial score (nSPS) is 11.2. The number of hydrogen-bond acceptors (Lipinski definition) is 5. The van der Waals surface area contributed by atoms with Crippen molar-refractivity contribution >= 4 is 38.9 Å². The van der Waals surface area contributed by atoms with Gasteiger partial charge in [-0.05, 0) is 48.7 Å². The predicted octanol–water partition coefficient (Wildman–Crippen LogP) is 5.63. The first-order valence-electron chi connectivity index (χ1n) is 9.93. The second-order valence-electron chi connectivity index (χ2n) is 7.08. The smallest absolute Gasteiger partial charge is 0.268 e. The lowest BCUT2D eigenvalue weighted by Crippen LogP contribution is -2.37. The lowest BCUT2D eigenvalue weighted by molar-refractivity contribution is -0.384. The molecule has 0 fully saturated rings. The fourth-order valence-corrected chi connectivity index (χ4v) is 4.83. The van der Waals surface area contributed by atoms with Crippen LogP contribution in [0.3, 0.4) is 0 Å². The number of sulfonamides is 1. The van der Waals surface area contributed by atoms with E-state index in [2.05, 4.69) is 6.92 Å². The monoisotopic (exact) mass is 472 g/mol. The van der Waals surface area contributed by atoms with Crippen LogP contribution < -0.4 is 4.31 Å². The van der Waals surface area contributed by atoms with Crippen LogP contribution >= 0.6 is 11.6 Å². The van der Waals surface area contributed by atoms with Gasteiger partial charge >= 0.3 is 0 Å². The first-order chi connectivity index (χ1) is 15.3. The highest BCUT2D eigenvalue weighted by molar-refractivity contribution is 7.93. The summed E-state index contributed by atoms with van der Waals surface area (Å²) in [5.41, 5.74) is 0.707. The third-order valence-corrected chi connectivity index (χ3v) is 6.89. The van der Waals surface area contributed by atoms with Crippen LogP contribution in [0.4, 0.5) is 11.4 Å². The van der Waals surface area contributed by atoms with Crippen molar-refractivity contribution in [2.75, 3.05) is 4.31 Å². The number of benzene rings is 3. The molecule has 0 radical (unpaired) electrons. The van der Waals surface area contributed by atoms with Gasteiger partial charge < -0.3 is 0 Å². The first kappa shape index (κ1) is 23.4. The van der Waals surface area contributed by atoms with Crippen molar-refractivity contribution in [1.29, 1.82) is 0 Å². The fraction of sp³-hybridized carbons (Fsp3) is 0.174. The zero-order valence-electron chi connectivity index (χ0n) is 17.3. The van der Waals surface area contributed by atoms with Gasteiger partial charge in [-0.3, -0.25) is 14.9 Å². The Labute approximate surface area is 191 Å². The summed E-state index contributed by atoms with van der Waals surface area (Å²) < 4.78 is 27.6. The molecule has 0 N–H and O–H groups in total. The van der Waals surface area contributed by atoms with E-state index in [9.17, 15) is 23.3 Å². The Morgan fingerprint density at radius 3 is 2.25 bits per heavy atom. The fourth-order valence-electron chi connectivity index (χ4n) is 3.14. The molecule has 3 rings (SSSR count). The Morgan fingerprint density at radius 2 is 1.69 bits per heavy atom. The number of aryl methyl sites for hydroxylation is 1. The maximum Gasteiger partial charge on any atom is 0.273 e. The van der Waals surface area contributed by atoms with Gasteiger partial charge in [-0.1, -0.05) is 55.3 Å². The van der Waals surface area contributed by atoms with Gasteiger partial charge in [-0.15, -0.1) is 0 Å². The highest BCUT2D eigenvalue weighted by Gasteiger charge is 2.33. The molecule has 0 aliphatic rings. The molecule has 0 saturated heterocycles. The summed E-state index contributed by atoms with van der Waals surface area (Å²) >= 11 is 6.13. The van der Waals surface area contributed by atoms with Crippen molar-refractivity contribution in [1.82, 2.24) is 0 Å². The van der Waals surface area contributed by atoms with Crippen LogP contribution in [0.1, 0.15) is 35.7 Å². The maximum absolute atomic E-state index is 13.4. The molecule has 0 aliphatic carbocycles. The number of nitro benzene ring substituents is 1. The molecule has 3 aromatic rings. The Hall–Kier alpha value is -3.23. The largest absolute Gasteiger partial charge is 0.273 e. The van der Waals surface area contributed by atoms with Crippen LogP contribution in [-0.2, 0) is 16.4 Å². The van der Waals surface area contributed by atoms with Gasteiger partial charge in [0, 0.05) is 12.1 Å². The third-order valence-electron chi connectivity index (χ3n) is 4.85. The van der Waals surface area contributed by atoms with E-state index in [4.69, 9.17) is 11.6 Å². The van der Waals surface area contributed by atoms with Gasteiger partial charge in [0.15, 0.2) is 0 Å². The number of non-ortho nitro benzene ring substituents is 1. The maximum atomic E-state index is 13.4. The molecule has 0 unspecified atom stereocenters. The summed E-state index contributed by atoms with van der Waals surface area (Å²) in [7, 11) is -4.28. The average Bonchev–Trinajstić information content (AvgIpc) is 2.79. The van der Waals surface area contributed by atoms with E-state index >= 15 is 0 Å². The minimum Gasteiger partial charge on any atom is -0.268 e. The Balaban J connectivity index is 2.11. The van der Waals surface area contributed by atoms with Crippen LogP contribution in [-0.4, -0.2) is 19.2 Å². The van der Waals surface area contributed by atoms with Gasteiger partial charge in [-0.2, -0.15) is 4.31 Å². The van der Waals surface area contributed by atoms with Crippen molar-refractivity contribution in [2.45, 2.75) is 31.1 Å². The zero-order valence-corrected chi connectivity index (χ0v) is 18.8. The molecule has 0 heterocycles. The van der Waals surface area contributed by atoms with Gasteiger partial charge in [0.2, 0.25) is 0 Å². The van der Waals surface area contributed by atoms with Gasteiger partial charge in [0.05, 0.1) is 26.1 Å². The molecule has 9 heteroatoms. The Bertz CT molecular complexity index is 1230. The summed E-state index contributed by atoms with van der Waals surface area (Å²) in [6.45, 7) is 2.08. The number of carbonyl (C=O) groups excluding carboxylic acids is 1. The van der Waals surface area contributed by atoms with Crippen LogP contribution in [0.15, 0.2) is 77.7 Å². The lowest BCUT2D eigenvalue weighted by atomic mass is 10.1. The molecular formula is C23H21ClN2O5S. The van der Waals surface area contributed by atoms with Crippen molar-refractivity contribution in [2.24, 2.45) is 0 Å². The topological polar surface area (TPSA) is 97.6 Å². The summed E-state index contributed by atoms with van der Waals surface area (Å²) in [5, 5.41) is 10.8. The van der Waals surface area contributed by atoms with Crippen molar-refractivity contribution < 1.29 is 18.1 Å². The lowest BCUT2D eigenvalue weighted by Gasteiger charge is -2.23. The number of rotatable bonds is 8. The average molecular weight is 473 g/mol. The summed E-state index contributed by atoms with van der Waals surface area (Å²) in [6, 6.07) is 17.6. The molecule has 166 valence electrons. The standard InChI is InChI=1S/C23H21ClN2O5S/c1-2-3-7-17-10-12-18(13-11-17)25(32(30,31)20-8-5-4-6-9-20)23(27)21-15-14-19(26(28)29)16-22(21)24/h4-6,8-16H,2-3,7H2,1H3. The molecule has 0 aliphatic heterocycles. The highest BCUT2D eigenvalue weighted by Crippen LogP contribution is 2.30. The molecular weight excluding hydrogens is 452 g/mol. The molecule has 0 atom stereocenters. The SMILES string of the molecule is CCCCc1ccc(N(C(=O)c2ccc([N+](=O)[O-])cc2Cl)S(=O)(=O)c2ccccc2)cc1. The van der Waals surface area contributed by atoms with Crippen LogP contribution in [0, 0.1) is 10.1 Å². The summed E-state index contributed by atoms with van der Waals surface area (Å²) in [5.74, 6) is -0.907. The number of amides is 1. The van der Waals surface area contributed by atoms with E-state index in [1.807, 2.05) is 0 Å². The van der Waals surface area contributed by atoms with E-state index in [1.54, 1.807) is 42.5 Å². The van der Waals surface area contributed by atoms with Gasteiger partial charge in [0.1, 0.15) is 0 Å². The Morgan fingerprint density at radius 1 is 1.03 bits per heavy atom. The number of nitro groups is 1. The van der Waals surface area contributed by atoms with E-state index in [0.717, 1.165) is 43.0 Å². The Kier molecular flexibility index (Phi) is 7.27. The second kappa shape index (κ2) is 9.93. The molecule has 1 amide bonds. The van der Waals surface area contributed by atoms with E-state index < -0.39 is 20.9 Å². The van der Waals surface area contributed by atoms with Crippen LogP contribution in [0.25, 0.3) is 0 Å². The minimum absolute atomic E-state index is 0.0681. The van der Waals surface area contributed by atoms with E-state index in [-0.39, 0.29) is 26.9 Å². The van der Waals surface area contributed by atoms with E-state index in [0.29, 0.717) is 4.31 Å². The number of hydrogen-bond donors (Lipinski definition) is 0. The molecule has 7 nitrogen and oxygen atoms in total. The van der Waals surface area contributed by atoms with Crippen molar-refractivity contribution in [3.8, 4) is 0 Å². The van der Waals surface area contributed by atoms with Crippen LogP contribution in [0.5, 0.6) is 0 Å². The van der Waals surface area contributed by atoms with Gasteiger partial charge in [-0.25, -0.2) is 8.42 Å². The number of unbranched alkanes of at least 4 members (excludes halogenated alkanes) is 1. The highest BCUT2D eigenvalue weighted by atomic mass is 35.5. The van der Waals surface area contributed by atoms with Crippen LogP contribution in [0.2, 0.25) is 5.02 Å². The molecule has 0 saturated carbocycles. The quantitative estimate of drug-likeness (QED) is 0.312. The molecule has 0 spiro atoms. The number of halogens is 1. The summed E-state index contributed by atoms with van der Waals surface area (Å²) in [4.78, 5) is 23.7. The van der Waals surface area contributed by atoms with Crippen molar-refractivity contribution in [3.05, 3.63) is 99.1 Å². The number of nitrogens with zero attached hydrogens (tertiary/aromatic N) is 2. The summed E-state index contributed by atoms with van der Waals surface area (Å²) in [6.07, 6.45) is 2.85. The third kappa shape index (κ3) is 4.98. The molecule has 0 bridgehead atoms. The van der Waals surface area contributed by atoms with Gasteiger partial charge in [0.25, 0.3) is 21.6 Å². The second-order valence-corrected chi connectivity index (χ2v) is 9.27. The molecule has 0 aromatic heterocycles. The minimum atomic E-state index is -4.28. The number of anilines is 1.